The molecule has 63 heavy (non-hydrogen) atoms. The molecule has 0 atom stereocenters. The van der Waals surface area contributed by atoms with E-state index in [1.54, 1.807) is 0 Å². The lowest BCUT2D eigenvalue weighted by atomic mass is 10.1. The summed E-state index contributed by atoms with van der Waals surface area (Å²) >= 11 is 0. The molecule has 0 aliphatic carbocycles. The van der Waals surface area contributed by atoms with Crippen molar-refractivity contribution in [3.63, 3.8) is 0 Å². The highest BCUT2D eigenvalue weighted by molar-refractivity contribution is 6.13. The third-order valence-electron chi connectivity index (χ3n) is 12.5. The topological polar surface area (TPSA) is 53.5 Å². The monoisotopic (exact) mass is 804 g/mol. The van der Waals surface area contributed by atoms with Crippen LogP contribution in [0.25, 0.3) is 117 Å². The summed E-state index contributed by atoms with van der Waals surface area (Å²) in [6.07, 6.45) is 0. The third-order valence-corrected chi connectivity index (χ3v) is 12.5. The van der Waals surface area contributed by atoms with Gasteiger partial charge in [-0.1, -0.05) is 158 Å². The molecule has 0 saturated heterocycles. The Kier molecular flexibility index (Phi) is 7.80. The van der Waals surface area contributed by atoms with E-state index in [4.69, 9.17) is 15.0 Å². The lowest BCUT2D eigenvalue weighted by Gasteiger charge is -2.19. The van der Waals surface area contributed by atoms with Crippen molar-refractivity contribution in [1.29, 1.82) is 0 Å². The van der Waals surface area contributed by atoms with Gasteiger partial charge >= 0.3 is 0 Å². The third kappa shape index (κ3) is 5.48. The number of hydrogen-bond acceptors (Lipinski definition) is 3. The molecule has 6 nitrogen and oxygen atoms in total. The molecule has 0 amide bonds. The number of aromatic nitrogens is 6. The molecule has 13 rings (SSSR count). The number of para-hydroxylation sites is 5. The van der Waals surface area contributed by atoms with Gasteiger partial charge in [0.15, 0.2) is 17.5 Å². The van der Waals surface area contributed by atoms with E-state index in [1.165, 1.54) is 43.4 Å². The first kappa shape index (κ1) is 35.2. The first-order chi connectivity index (χ1) is 31.3. The van der Waals surface area contributed by atoms with Gasteiger partial charge in [-0.3, -0.25) is 0 Å². The Labute approximate surface area is 362 Å². The lowest BCUT2D eigenvalue weighted by molar-refractivity contribution is 1.06. The van der Waals surface area contributed by atoms with Gasteiger partial charge in [0.2, 0.25) is 0 Å². The van der Waals surface area contributed by atoms with Crippen molar-refractivity contribution in [2.45, 2.75) is 0 Å². The highest BCUT2D eigenvalue weighted by atomic mass is 15.1. The van der Waals surface area contributed by atoms with Crippen molar-refractivity contribution in [2.24, 2.45) is 0 Å². The maximum Gasteiger partial charge on any atom is 0.164 e. The zero-order valence-corrected chi connectivity index (χ0v) is 34.0. The number of benzene rings is 9. The van der Waals surface area contributed by atoms with Gasteiger partial charge in [0, 0.05) is 54.7 Å². The summed E-state index contributed by atoms with van der Waals surface area (Å²) in [6, 6.07) is 77.5. The first-order valence-corrected chi connectivity index (χ1v) is 21.3. The van der Waals surface area contributed by atoms with Crippen molar-refractivity contribution in [2.75, 3.05) is 0 Å². The Morgan fingerprint density at radius 2 is 0.603 bits per heavy atom. The maximum atomic E-state index is 5.20. The van der Waals surface area contributed by atoms with E-state index in [2.05, 4.69) is 196 Å². The van der Waals surface area contributed by atoms with E-state index in [0.29, 0.717) is 17.5 Å². The van der Waals surface area contributed by atoms with Crippen LogP contribution in [0.2, 0.25) is 0 Å². The van der Waals surface area contributed by atoms with Gasteiger partial charge in [-0.15, -0.1) is 0 Å². The fraction of sp³-hybridized carbons (Fsp3) is 0. The van der Waals surface area contributed by atoms with Crippen LogP contribution in [0, 0.1) is 0 Å². The smallest absolute Gasteiger partial charge is 0.164 e. The average molecular weight is 805 g/mol. The second-order valence-electron chi connectivity index (χ2n) is 16.0. The zero-order valence-electron chi connectivity index (χ0n) is 34.0. The predicted octanol–water partition coefficient (Wildman–Crippen LogP) is 14.2. The lowest BCUT2D eigenvalue weighted by Crippen LogP contribution is -2.05. The largest absolute Gasteiger partial charge is 0.309 e. The van der Waals surface area contributed by atoms with E-state index < -0.39 is 0 Å². The number of nitrogens with zero attached hydrogens (tertiary/aromatic N) is 6. The number of hydrogen-bond donors (Lipinski definition) is 0. The molecule has 0 spiro atoms. The van der Waals surface area contributed by atoms with Gasteiger partial charge in [0.25, 0.3) is 0 Å². The molecule has 0 saturated carbocycles. The standard InChI is InChI=1S/C57H36N6/c1-3-17-37(18-4-1)55-58-56(38-19-5-2-6-20-38)60-57(59-55)39-31-34-52(62-49-28-14-9-23-43(49)44-24-10-15-29-50(44)62)54(35-39)63-51-30-16-11-25-45(51)46-33-32-40(36-53(46)63)61-47-26-12-7-21-41(47)42-22-8-13-27-48(42)61/h1-36H. The molecule has 0 radical (unpaired) electrons. The summed E-state index contributed by atoms with van der Waals surface area (Å²) in [5.41, 5.74) is 12.7. The molecule has 13 aromatic rings. The van der Waals surface area contributed by atoms with E-state index in [0.717, 1.165) is 55.8 Å². The molecule has 0 bridgehead atoms. The van der Waals surface area contributed by atoms with E-state index in [9.17, 15) is 0 Å². The Bertz CT molecular complexity index is 3750. The summed E-state index contributed by atoms with van der Waals surface area (Å²) in [4.78, 5) is 15.4. The summed E-state index contributed by atoms with van der Waals surface area (Å²) < 4.78 is 7.26. The molecule has 9 aromatic carbocycles. The Morgan fingerprint density at radius 1 is 0.238 bits per heavy atom. The molecule has 0 N–H and O–H groups in total. The Morgan fingerprint density at radius 3 is 1.06 bits per heavy atom. The molecule has 294 valence electrons. The summed E-state index contributed by atoms with van der Waals surface area (Å²) in [5.74, 6) is 1.85. The molecule has 0 unspecified atom stereocenters. The van der Waals surface area contributed by atoms with E-state index in [-0.39, 0.29) is 0 Å². The van der Waals surface area contributed by atoms with Crippen molar-refractivity contribution >= 4 is 65.4 Å². The second-order valence-corrected chi connectivity index (χ2v) is 16.0. The minimum atomic E-state index is 0.601. The molecule has 4 heterocycles. The van der Waals surface area contributed by atoms with E-state index in [1.807, 2.05) is 36.4 Å². The molecule has 0 aliphatic heterocycles. The van der Waals surface area contributed by atoms with Crippen molar-refractivity contribution in [3.8, 4) is 51.2 Å². The minimum Gasteiger partial charge on any atom is -0.309 e. The van der Waals surface area contributed by atoms with E-state index >= 15 is 0 Å². The quantitative estimate of drug-likeness (QED) is 0.168. The average Bonchev–Trinajstić information content (AvgIpc) is 4.00. The summed E-state index contributed by atoms with van der Waals surface area (Å²) in [6.45, 7) is 0. The van der Waals surface area contributed by atoms with Crippen LogP contribution >= 0.6 is 0 Å². The highest BCUT2D eigenvalue weighted by Gasteiger charge is 2.22. The Balaban J connectivity index is 1.14. The molecule has 0 aliphatic rings. The van der Waals surface area contributed by atoms with Crippen molar-refractivity contribution in [1.82, 2.24) is 28.7 Å². The van der Waals surface area contributed by atoms with Crippen LogP contribution < -0.4 is 0 Å². The maximum absolute atomic E-state index is 5.20. The second kappa shape index (κ2) is 14.0. The van der Waals surface area contributed by atoms with Crippen LogP contribution in [-0.4, -0.2) is 28.7 Å². The minimum absolute atomic E-state index is 0.601. The fourth-order valence-corrected chi connectivity index (χ4v) is 9.71. The normalized spacial score (nSPS) is 11.8. The van der Waals surface area contributed by atoms with Crippen molar-refractivity contribution in [3.05, 3.63) is 218 Å². The van der Waals surface area contributed by atoms with Crippen LogP contribution in [0.1, 0.15) is 0 Å². The van der Waals surface area contributed by atoms with Gasteiger partial charge in [0.1, 0.15) is 0 Å². The molecule has 6 heteroatoms. The summed E-state index contributed by atoms with van der Waals surface area (Å²) in [5, 5.41) is 7.23. The van der Waals surface area contributed by atoms with Crippen LogP contribution in [0.4, 0.5) is 0 Å². The van der Waals surface area contributed by atoms with Crippen LogP contribution in [0.15, 0.2) is 218 Å². The SMILES string of the molecule is c1ccc(-c2nc(-c3ccccc3)nc(-c3ccc(-n4c5ccccc5c5ccccc54)c(-n4c5ccccc5c5ccc(-n6c7ccccc7c7ccccc76)cc54)c3)n2)cc1. The van der Waals surface area contributed by atoms with Gasteiger partial charge < -0.3 is 13.7 Å². The molecular weight excluding hydrogens is 769 g/mol. The van der Waals surface area contributed by atoms with Crippen LogP contribution in [0.3, 0.4) is 0 Å². The first-order valence-electron chi connectivity index (χ1n) is 21.3. The van der Waals surface area contributed by atoms with Crippen LogP contribution in [0.5, 0.6) is 0 Å². The fourth-order valence-electron chi connectivity index (χ4n) is 9.71. The van der Waals surface area contributed by atoms with Gasteiger partial charge in [-0.25, -0.2) is 15.0 Å². The predicted molar refractivity (Wildman–Crippen MR) is 259 cm³/mol. The van der Waals surface area contributed by atoms with Crippen LogP contribution in [-0.2, 0) is 0 Å². The van der Waals surface area contributed by atoms with Gasteiger partial charge in [-0.05, 0) is 60.7 Å². The van der Waals surface area contributed by atoms with Gasteiger partial charge in [-0.2, -0.15) is 0 Å². The molecule has 4 aromatic heterocycles. The highest BCUT2D eigenvalue weighted by Crippen LogP contribution is 2.41. The van der Waals surface area contributed by atoms with Crippen molar-refractivity contribution < 1.29 is 0 Å². The zero-order chi connectivity index (χ0) is 41.4. The van der Waals surface area contributed by atoms with Gasteiger partial charge in [0.05, 0.1) is 44.5 Å². The number of fused-ring (bicyclic) bond motifs is 9. The summed E-state index contributed by atoms with van der Waals surface area (Å²) in [7, 11) is 0. The Hall–Kier alpha value is -8.61. The molecular formula is C57H36N6. The molecule has 0 fully saturated rings. The number of rotatable bonds is 6.